The van der Waals surface area contributed by atoms with Gasteiger partial charge in [0, 0.05) is 16.5 Å². The normalized spacial score (nSPS) is 25.7. The Morgan fingerprint density at radius 2 is 1.60 bits per heavy atom. The molecule has 0 radical (unpaired) electrons. The van der Waals surface area contributed by atoms with E-state index in [1.165, 1.54) is 12.0 Å². The van der Waals surface area contributed by atoms with Crippen molar-refractivity contribution in [3.8, 4) is 17.0 Å². The second-order valence-electron chi connectivity index (χ2n) is 12.1. The van der Waals surface area contributed by atoms with Crippen molar-refractivity contribution < 1.29 is 28.7 Å². The molecule has 6 atom stereocenters. The van der Waals surface area contributed by atoms with Gasteiger partial charge in [-0.1, -0.05) is 60.2 Å². The number of nitrogens with zero attached hydrogens (tertiary/aromatic N) is 2. The van der Waals surface area contributed by atoms with E-state index >= 15 is 0 Å². The number of ketones is 1. The molecule has 2 heterocycles. The fourth-order valence-corrected chi connectivity index (χ4v) is 7.83. The second kappa shape index (κ2) is 10.4. The van der Waals surface area contributed by atoms with Crippen LogP contribution in [-0.4, -0.2) is 42.3 Å². The Morgan fingerprint density at radius 3 is 2.29 bits per heavy atom. The molecule has 0 N–H and O–H groups in total. The molecule has 2 bridgehead atoms. The van der Waals surface area contributed by atoms with Gasteiger partial charge in [0.1, 0.15) is 5.75 Å². The Labute approximate surface area is 263 Å². The lowest BCUT2D eigenvalue weighted by Gasteiger charge is -2.37. The fourth-order valence-electron chi connectivity index (χ4n) is 7.61. The van der Waals surface area contributed by atoms with Gasteiger partial charge in [-0.25, -0.2) is 9.78 Å². The highest BCUT2D eigenvalue weighted by atomic mass is 35.5. The molecule has 3 aromatic carbocycles. The molecule has 2 amide bonds. The van der Waals surface area contributed by atoms with Crippen LogP contribution in [0.4, 0.5) is 5.69 Å². The van der Waals surface area contributed by atoms with Crippen LogP contribution in [0.5, 0.6) is 5.75 Å². The third-order valence-electron chi connectivity index (χ3n) is 9.82. The second-order valence-corrected chi connectivity index (χ2v) is 12.5. The van der Waals surface area contributed by atoms with Crippen molar-refractivity contribution >= 4 is 51.8 Å². The average molecular weight is 619 g/mol. The summed E-state index contributed by atoms with van der Waals surface area (Å²) >= 11 is 6.51. The van der Waals surface area contributed by atoms with Crippen LogP contribution >= 0.6 is 11.6 Å². The summed E-state index contributed by atoms with van der Waals surface area (Å²) in [7, 11) is 1.51. The molecule has 9 rings (SSSR count). The molecule has 5 aliphatic rings. The maximum absolute atomic E-state index is 13.6. The van der Waals surface area contributed by atoms with Gasteiger partial charge in [0.05, 0.1) is 46.4 Å². The number of rotatable bonds is 7. The van der Waals surface area contributed by atoms with Crippen LogP contribution in [0.3, 0.4) is 0 Å². The minimum Gasteiger partial charge on any atom is -0.497 e. The highest BCUT2D eigenvalue weighted by molar-refractivity contribution is 6.35. The summed E-state index contributed by atoms with van der Waals surface area (Å²) in [5.41, 5.74) is 2.59. The zero-order chi connectivity index (χ0) is 31.0. The number of hydrogen-bond acceptors (Lipinski definition) is 7. The minimum atomic E-state index is -0.698. The summed E-state index contributed by atoms with van der Waals surface area (Å²) in [5.74, 6) is 0.0425. The van der Waals surface area contributed by atoms with E-state index in [1.54, 1.807) is 72.8 Å². The Hall–Kier alpha value is -4.82. The molecule has 0 spiro atoms. The molecule has 1 aromatic heterocycles. The van der Waals surface area contributed by atoms with Crippen molar-refractivity contribution in [2.45, 2.75) is 6.42 Å². The molecule has 8 nitrogen and oxygen atoms in total. The van der Waals surface area contributed by atoms with E-state index in [0.29, 0.717) is 56.0 Å². The number of fused-ring (bicyclic) bond motifs is 1. The number of hydrogen-bond donors (Lipinski definition) is 0. The number of anilines is 1. The molecule has 224 valence electrons. The molecule has 6 unspecified atom stereocenters. The van der Waals surface area contributed by atoms with Gasteiger partial charge in [-0.3, -0.25) is 19.3 Å². The molecule has 4 aromatic rings. The number of methoxy groups -OCH3 is 1. The Bertz CT molecular complexity index is 1930. The van der Waals surface area contributed by atoms with Gasteiger partial charge in [0.25, 0.3) is 0 Å². The summed E-state index contributed by atoms with van der Waals surface area (Å²) in [6.45, 7) is -0.459. The first kappa shape index (κ1) is 27.7. The number of esters is 1. The van der Waals surface area contributed by atoms with Gasteiger partial charge in [-0.2, -0.15) is 0 Å². The number of carbonyl (C=O) groups excluding carboxylic acids is 4. The fraction of sp³-hybridized carbons (Fsp3) is 0.250. The molecular formula is C36H27ClN2O6. The van der Waals surface area contributed by atoms with E-state index in [4.69, 9.17) is 26.1 Å². The number of allylic oxidation sites excluding steroid dienone is 2. The third kappa shape index (κ3) is 4.38. The molecule has 4 aliphatic carbocycles. The molecule has 1 aliphatic heterocycles. The van der Waals surface area contributed by atoms with Gasteiger partial charge in [-0.05, 0) is 66.5 Å². The quantitative estimate of drug-likeness (QED) is 0.106. The lowest BCUT2D eigenvalue weighted by Crippen LogP contribution is -2.40. The lowest BCUT2D eigenvalue weighted by molar-refractivity contribution is -0.124. The van der Waals surface area contributed by atoms with Crippen molar-refractivity contribution in [1.29, 1.82) is 0 Å². The van der Waals surface area contributed by atoms with Gasteiger partial charge in [-0.15, -0.1) is 0 Å². The van der Waals surface area contributed by atoms with Gasteiger partial charge in [0.15, 0.2) is 12.4 Å². The van der Waals surface area contributed by atoms with Crippen LogP contribution in [-0.2, 0) is 14.3 Å². The van der Waals surface area contributed by atoms with Crippen molar-refractivity contribution in [2.75, 3.05) is 18.6 Å². The molecule has 2 saturated carbocycles. The Balaban J connectivity index is 1.07. The topological polar surface area (TPSA) is 103 Å². The summed E-state index contributed by atoms with van der Waals surface area (Å²) in [6.07, 6.45) is 5.43. The number of aromatic nitrogens is 1. The molecule has 9 heteroatoms. The highest BCUT2D eigenvalue weighted by Crippen LogP contribution is 2.65. The Kier molecular flexibility index (Phi) is 6.39. The zero-order valence-corrected chi connectivity index (χ0v) is 24.9. The number of para-hydroxylation sites is 1. The maximum atomic E-state index is 13.6. The molecule has 3 fully saturated rings. The molecule has 45 heavy (non-hydrogen) atoms. The van der Waals surface area contributed by atoms with Crippen molar-refractivity contribution in [3.05, 3.63) is 101 Å². The van der Waals surface area contributed by atoms with Gasteiger partial charge < -0.3 is 9.47 Å². The average Bonchev–Trinajstić information content (AvgIpc) is 3.85. The minimum absolute atomic E-state index is 0.119. The van der Waals surface area contributed by atoms with Crippen LogP contribution in [0.25, 0.3) is 22.2 Å². The number of imide groups is 1. The van der Waals surface area contributed by atoms with Crippen molar-refractivity contribution in [3.63, 3.8) is 0 Å². The first-order valence-corrected chi connectivity index (χ1v) is 15.3. The van der Waals surface area contributed by atoms with E-state index in [2.05, 4.69) is 12.2 Å². The highest BCUT2D eigenvalue weighted by Gasteiger charge is 2.67. The summed E-state index contributed by atoms with van der Waals surface area (Å²) in [5, 5.41) is 0.837. The first-order chi connectivity index (χ1) is 21.8. The van der Waals surface area contributed by atoms with E-state index in [0.717, 1.165) is 6.42 Å². The summed E-state index contributed by atoms with van der Waals surface area (Å²) in [6, 6.07) is 20.4. The van der Waals surface area contributed by atoms with E-state index < -0.39 is 12.6 Å². The van der Waals surface area contributed by atoms with Crippen LogP contribution in [0.1, 0.15) is 27.1 Å². The SMILES string of the molecule is COc1cccc(C(=O)COC(=O)c2cc(-c3ccc(N4C(=O)C5C6C=CC(C7CC67)C5C4=O)cc3)nc3c(Cl)cccc23)c1. The van der Waals surface area contributed by atoms with E-state index in [-0.39, 0.29) is 46.8 Å². The zero-order valence-electron chi connectivity index (χ0n) is 24.2. The number of pyridine rings is 1. The number of Topliss-reactive ketones (excluding diaryl/α,β-unsaturated/α-hetero) is 1. The van der Waals surface area contributed by atoms with Crippen molar-refractivity contribution in [2.24, 2.45) is 35.5 Å². The number of amides is 2. The lowest BCUT2D eigenvalue weighted by atomic mass is 9.63. The molecular weight excluding hydrogens is 592 g/mol. The van der Waals surface area contributed by atoms with E-state index in [1.807, 2.05) is 0 Å². The predicted octanol–water partition coefficient (Wildman–Crippen LogP) is 6.16. The monoisotopic (exact) mass is 618 g/mol. The number of halogens is 1. The van der Waals surface area contributed by atoms with Crippen molar-refractivity contribution in [1.82, 2.24) is 4.98 Å². The molecule has 1 saturated heterocycles. The number of benzene rings is 3. The van der Waals surface area contributed by atoms with Crippen LogP contribution < -0.4 is 9.64 Å². The Morgan fingerprint density at radius 1 is 0.911 bits per heavy atom. The van der Waals surface area contributed by atoms with Crippen LogP contribution in [0.15, 0.2) is 84.9 Å². The van der Waals surface area contributed by atoms with E-state index in [9.17, 15) is 19.2 Å². The summed E-state index contributed by atoms with van der Waals surface area (Å²) < 4.78 is 10.6. The smallest absolute Gasteiger partial charge is 0.339 e. The van der Waals surface area contributed by atoms with Crippen LogP contribution in [0.2, 0.25) is 5.02 Å². The maximum Gasteiger partial charge on any atom is 0.339 e. The summed E-state index contributed by atoms with van der Waals surface area (Å²) in [4.78, 5) is 59.3. The number of ether oxygens (including phenoxy) is 2. The predicted molar refractivity (Wildman–Crippen MR) is 167 cm³/mol. The van der Waals surface area contributed by atoms with Crippen LogP contribution in [0, 0.1) is 35.5 Å². The first-order valence-electron chi connectivity index (χ1n) is 14.9. The third-order valence-corrected chi connectivity index (χ3v) is 10.1. The number of carbonyl (C=O) groups is 4. The van der Waals surface area contributed by atoms with Gasteiger partial charge in [0.2, 0.25) is 11.8 Å². The van der Waals surface area contributed by atoms with Gasteiger partial charge >= 0.3 is 5.97 Å². The largest absolute Gasteiger partial charge is 0.497 e. The standard InChI is InChI=1S/C36H27ClN2O6/c1-44-21-5-2-4-19(14-21)30(40)17-45-36(43)27-16-29(38-33-24(27)6-3-7-28(33)37)18-8-10-20(11-9-18)39-34(41)31-22-12-13-23(26-15-25(22)26)32(31)35(39)42/h2-14,16,22-23,25-26,31-32H,15,17H2,1H3.